The lowest BCUT2D eigenvalue weighted by Crippen LogP contribution is -2.45. The van der Waals surface area contributed by atoms with E-state index in [0.717, 1.165) is 31.0 Å². The molecule has 1 saturated heterocycles. The van der Waals surface area contributed by atoms with E-state index in [0.29, 0.717) is 18.4 Å². The fraction of sp³-hybridized carbons (Fsp3) is 0.706. The van der Waals surface area contributed by atoms with Crippen LogP contribution in [-0.4, -0.2) is 48.1 Å². The largest absolute Gasteiger partial charge is 0.359 e. The van der Waals surface area contributed by atoms with E-state index in [2.05, 4.69) is 34.6 Å². The number of rotatable bonds is 5. The second-order valence-electron chi connectivity index (χ2n) is 6.87. The average molecular weight is 463 g/mol. The van der Waals surface area contributed by atoms with Crippen LogP contribution in [0.15, 0.2) is 15.6 Å². The molecule has 8 heteroatoms. The molecule has 1 aliphatic rings. The number of nitrogens with zero attached hydrogens (tertiary/aromatic N) is 3. The molecule has 0 spiro atoms. The molecular weight excluding hydrogens is 433 g/mol. The SMILES string of the molecule is CN=C(NCc1cc(C(C)C)no1)NC1CCN(C(=O)C(C)C)C1.I. The molecule has 1 aliphatic heterocycles. The maximum absolute atomic E-state index is 12.0. The number of amides is 1. The Bertz CT molecular complexity index is 585. The minimum atomic E-state index is 0. The molecule has 1 aromatic heterocycles. The summed E-state index contributed by atoms with van der Waals surface area (Å²) in [5.74, 6) is 2.10. The molecule has 2 rings (SSSR count). The van der Waals surface area contributed by atoms with Crippen molar-refractivity contribution in [1.82, 2.24) is 20.7 Å². The zero-order chi connectivity index (χ0) is 17.7. The molecule has 1 fully saturated rings. The molecule has 7 nitrogen and oxygen atoms in total. The fourth-order valence-corrected chi connectivity index (χ4v) is 2.69. The number of likely N-dealkylation sites (tertiary alicyclic amines) is 1. The van der Waals surface area contributed by atoms with Crippen LogP contribution in [0.4, 0.5) is 0 Å². The van der Waals surface area contributed by atoms with Gasteiger partial charge < -0.3 is 20.1 Å². The molecule has 0 radical (unpaired) electrons. The summed E-state index contributed by atoms with van der Waals surface area (Å²) in [7, 11) is 1.74. The highest BCUT2D eigenvalue weighted by Crippen LogP contribution is 2.14. The second kappa shape index (κ2) is 9.98. The summed E-state index contributed by atoms with van der Waals surface area (Å²) in [6, 6.07) is 2.18. The maximum Gasteiger partial charge on any atom is 0.225 e. The van der Waals surface area contributed by atoms with Crippen LogP contribution in [0.2, 0.25) is 0 Å². The highest BCUT2D eigenvalue weighted by molar-refractivity contribution is 14.0. The highest BCUT2D eigenvalue weighted by atomic mass is 127. The van der Waals surface area contributed by atoms with E-state index < -0.39 is 0 Å². The topological polar surface area (TPSA) is 82.8 Å². The van der Waals surface area contributed by atoms with Gasteiger partial charge in [-0.1, -0.05) is 32.9 Å². The van der Waals surface area contributed by atoms with Gasteiger partial charge in [0, 0.05) is 38.2 Å². The molecule has 1 atom stereocenters. The van der Waals surface area contributed by atoms with Gasteiger partial charge in [0.2, 0.25) is 5.91 Å². The predicted molar refractivity (Wildman–Crippen MR) is 109 cm³/mol. The molecule has 2 heterocycles. The van der Waals surface area contributed by atoms with Gasteiger partial charge in [-0.15, -0.1) is 24.0 Å². The van der Waals surface area contributed by atoms with E-state index in [-0.39, 0.29) is 41.8 Å². The Hall–Kier alpha value is -1.32. The minimum Gasteiger partial charge on any atom is -0.359 e. The molecule has 25 heavy (non-hydrogen) atoms. The summed E-state index contributed by atoms with van der Waals surface area (Å²) in [6.07, 6.45) is 0.930. The Morgan fingerprint density at radius 1 is 1.44 bits per heavy atom. The first-order chi connectivity index (χ1) is 11.4. The standard InChI is InChI=1S/C17H29N5O2.HI/c1-11(2)15-8-14(24-21-15)9-19-17(18-5)20-13-6-7-22(10-13)16(23)12(3)4;/h8,11-13H,6-7,9-10H2,1-5H3,(H2,18,19,20);1H. The zero-order valence-electron chi connectivity index (χ0n) is 15.7. The molecule has 0 aromatic carbocycles. The zero-order valence-corrected chi connectivity index (χ0v) is 18.0. The van der Waals surface area contributed by atoms with Crippen LogP contribution >= 0.6 is 24.0 Å². The van der Waals surface area contributed by atoms with Crippen molar-refractivity contribution in [3.63, 3.8) is 0 Å². The van der Waals surface area contributed by atoms with Gasteiger partial charge in [0.1, 0.15) is 0 Å². The molecule has 2 N–H and O–H groups in total. The molecule has 0 bridgehead atoms. The normalized spacial score (nSPS) is 17.8. The highest BCUT2D eigenvalue weighted by Gasteiger charge is 2.27. The first kappa shape index (κ1) is 21.7. The molecule has 0 aliphatic carbocycles. The molecular formula is C17H30IN5O2. The van der Waals surface area contributed by atoms with Crippen molar-refractivity contribution < 1.29 is 9.32 Å². The van der Waals surface area contributed by atoms with Crippen molar-refractivity contribution >= 4 is 35.8 Å². The first-order valence-electron chi connectivity index (χ1n) is 8.62. The number of aliphatic imine (C=N–C) groups is 1. The molecule has 142 valence electrons. The monoisotopic (exact) mass is 463 g/mol. The Kier molecular flexibility index (Phi) is 8.67. The Morgan fingerprint density at radius 3 is 2.72 bits per heavy atom. The number of aromatic nitrogens is 1. The summed E-state index contributed by atoms with van der Waals surface area (Å²) in [4.78, 5) is 18.2. The second-order valence-corrected chi connectivity index (χ2v) is 6.87. The Labute approximate surface area is 167 Å². The van der Waals surface area contributed by atoms with E-state index in [1.165, 1.54) is 0 Å². The predicted octanol–water partition coefficient (Wildman–Crippen LogP) is 2.34. The van der Waals surface area contributed by atoms with Gasteiger partial charge in [0.05, 0.1) is 12.2 Å². The summed E-state index contributed by atoms with van der Waals surface area (Å²) in [5, 5.41) is 10.7. The summed E-state index contributed by atoms with van der Waals surface area (Å²) >= 11 is 0. The van der Waals surface area contributed by atoms with E-state index in [9.17, 15) is 4.79 Å². The number of carbonyl (C=O) groups is 1. The van der Waals surface area contributed by atoms with Crippen LogP contribution in [0.1, 0.15) is 51.5 Å². The van der Waals surface area contributed by atoms with Gasteiger partial charge in [0.15, 0.2) is 11.7 Å². The van der Waals surface area contributed by atoms with Crippen molar-refractivity contribution in [3.8, 4) is 0 Å². The fourth-order valence-electron chi connectivity index (χ4n) is 2.69. The number of nitrogens with one attached hydrogen (secondary N) is 2. The molecule has 1 aromatic rings. The lowest BCUT2D eigenvalue weighted by atomic mass is 10.1. The smallest absolute Gasteiger partial charge is 0.225 e. The number of guanidine groups is 1. The number of hydrogen-bond donors (Lipinski definition) is 2. The summed E-state index contributed by atoms with van der Waals surface area (Å²) in [6.45, 7) is 10.1. The van der Waals surface area contributed by atoms with Gasteiger partial charge in [-0.3, -0.25) is 9.79 Å². The number of halogens is 1. The average Bonchev–Trinajstić information content (AvgIpc) is 3.19. The summed E-state index contributed by atoms with van der Waals surface area (Å²) < 4.78 is 5.32. The molecule has 1 unspecified atom stereocenters. The van der Waals surface area contributed by atoms with Crippen molar-refractivity contribution in [2.45, 2.75) is 52.6 Å². The van der Waals surface area contributed by atoms with E-state index in [4.69, 9.17) is 4.52 Å². The quantitative estimate of drug-likeness (QED) is 0.398. The number of hydrogen-bond acceptors (Lipinski definition) is 4. The van der Waals surface area contributed by atoms with Crippen LogP contribution < -0.4 is 10.6 Å². The van der Waals surface area contributed by atoms with Crippen LogP contribution in [0.3, 0.4) is 0 Å². The van der Waals surface area contributed by atoms with Crippen LogP contribution in [0, 0.1) is 5.92 Å². The van der Waals surface area contributed by atoms with Gasteiger partial charge >= 0.3 is 0 Å². The van der Waals surface area contributed by atoms with E-state index in [1.807, 2.05) is 24.8 Å². The lowest BCUT2D eigenvalue weighted by Gasteiger charge is -2.20. The maximum atomic E-state index is 12.0. The third kappa shape index (κ3) is 6.16. The van der Waals surface area contributed by atoms with Crippen LogP contribution in [-0.2, 0) is 11.3 Å². The van der Waals surface area contributed by atoms with E-state index in [1.54, 1.807) is 7.05 Å². The lowest BCUT2D eigenvalue weighted by molar-refractivity contribution is -0.133. The molecule has 0 saturated carbocycles. The van der Waals surface area contributed by atoms with Gasteiger partial charge in [-0.2, -0.15) is 0 Å². The van der Waals surface area contributed by atoms with Crippen molar-refractivity contribution in [1.29, 1.82) is 0 Å². The van der Waals surface area contributed by atoms with Crippen molar-refractivity contribution in [2.24, 2.45) is 10.9 Å². The van der Waals surface area contributed by atoms with Crippen LogP contribution in [0.5, 0.6) is 0 Å². The van der Waals surface area contributed by atoms with Gasteiger partial charge in [-0.05, 0) is 12.3 Å². The van der Waals surface area contributed by atoms with Crippen molar-refractivity contribution in [3.05, 3.63) is 17.5 Å². The Balaban J connectivity index is 0.00000312. The minimum absolute atomic E-state index is 0. The van der Waals surface area contributed by atoms with Gasteiger partial charge in [-0.25, -0.2) is 0 Å². The third-order valence-electron chi connectivity index (χ3n) is 4.16. The molecule has 1 amide bonds. The van der Waals surface area contributed by atoms with Crippen LogP contribution in [0.25, 0.3) is 0 Å². The third-order valence-corrected chi connectivity index (χ3v) is 4.16. The number of carbonyl (C=O) groups excluding carboxylic acids is 1. The van der Waals surface area contributed by atoms with E-state index >= 15 is 0 Å². The Morgan fingerprint density at radius 2 is 2.16 bits per heavy atom. The first-order valence-corrected chi connectivity index (χ1v) is 8.62. The van der Waals surface area contributed by atoms with Gasteiger partial charge in [0.25, 0.3) is 0 Å². The summed E-state index contributed by atoms with van der Waals surface area (Å²) in [5.41, 5.74) is 0.952. The van der Waals surface area contributed by atoms with Crippen molar-refractivity contribution in [2.75, 3.05) is 20.1 Å².